The van der Waals surface area contributed by atoms with E-state index >= 15 is 0 Å². The zero-order valence-electron chi connectivity index (χ0n) is 28.2. The van der Waals surface area contributed by atoms with E-state index in [1.165, 1.54) is 21.8 Å². The summed E-state index contributed by atoms with van der Waals surface area (Å²) in [6, 6.07) is 56.3. The van der Waals surface area contributed by atoms with Gasteiger partial charge in [0.05, 0.1) is 16.4 Å². The second-order valence-electron chi connectivity index (χ2n) is 13.6. The van der Waals surface area contributed by atoms with Crippen LogP contribution in [0.15, 0.2) is 176 Å². The summed E-state index contributed by atoms with van der Waals surface area (Å²) in [6.07, 6.45) is 6.36. The first-order chi connectivity index (χ1) is 25.8. The van der Waals surface area contributed by atoms with Crippen LogP contribution in [0.25, 0.3) is 44.3 Å². The highest BCUT2D eigenvalue weighted by molar-refractivity contribution is 6.10. The largest absolute Gasteiger partial charge is 0.457 e. The quantitative estimate of drug-likeness (QED) is 0.204. The molecule has 0 amide bonds. The summed E-state index contributed by atoms with van der Waals surface area (Å²) in [5, 5.41) is 5.96. The molecule has 0 atom stereocenters. The number of aromatic nitrogens is 1. The molecule has 246 valence electrons. The Morgan fingerprint density at radius 1 is 0.519 bits per heavy atom. The fraction of sp³-hybridized carbons (Fsp3) is 0.0417. The number of benzene rings is 7. The third kappa shape index (κ3) is 4.03. The number of hydrogen-bond donors (Lipinski definition) is 1. The molecule has 0 fully saturated rings. The number of ether oxygens (including phenoxy) is 2. The van der Waals surface area contributed by atoms with Gasteiger partial charge in [0, 0.05) is 62.1 Å². The van der Waals surface area contributed by atoms with Crippen molar-refractivity contribution in [3.8, 4) is 39.8 Å². The molecule has 0 bridgehead atoms. The van der Waals surface area contributed by atoms with Gasteiger partial charge in [-0.15, -0.1) is 0 Å². The van der Waals surface area contributed by atoms with E-state index in [4.69, 9.17) is 9.47 Å². The van der Waals surface area contributed by atoms with Crippen LogP contribution in [0.5, 0.6) is 23.0 Å². The second kappa shape index (κ2) is 11.1. The highest BCUT2D eigenvalue weighted by Gasteiger charge is 2.51. The number of dihydropyridines is 1. The van der Waals surface area contributed by atoms with Crippen LogP contribution >= 0.6 is 0 Å². The molecule has 4 nitrogen and oxygen atoms in total. The normalized spacial score (nSPS) is 14.7. The maximum absolute atomic E-state index is 7.21. The van der Waals surface area contributed by atoms with Gasteiger partial charge < -0.3 is 19.4 Å². The SMILES string of the molecule is C1=CCNC(c2ccc3c(c2)Oc2c(-c4ccc5c(c4)c4ccccc4n5-c4ccccc4)cccc2C32c3ccccc3Oc3ccccc32)=C1. The Hall–Kier alpha value is -6.78. The molecule has 0 radical (unpaired) electrons. The van der Waals surface area contributed by atoms with Crippen LogP contribution in [0.1, 0.15) is 27.8 Å². The third-order valence-corrected chi connectivity index (χ3v) is 10.9. The molecule has 4 heteroatoms. The van der Waals surface area contributed by atoms with Crippen LogP contribution in [0.4, 0.5) is 0 Å². The molecule has 0 saturated heterocycles. The predicted octanol–water partition coefficient (Wildman–Crippen LogP) is 11.5. The van der Waals surface area contributed by atoms with Gasteiger partial charge in [-0.05, 0) is 60.2 Å². The molecule has 1 spiro atoms. The molecule has 0 aliphatic carbocycles. The van der Waals surface area contributed by atoms with Gasteiger partial charge in [-0.2, -0.15) is 0 Å². The second-order valence-corrected chi connectivity index (χ2v) is 13.6. The summed E-state index contributed by atoms with van der Waals surface area (Å²) in [4.78, 5) is 0. The van der Waals surface area contributed by atoms with Gasteiger partial charge in [-0.1, -0.05) is 121 Å². The van der Waals surface area contributed by atoms with E-state index in [2.05, 4.69) is 186 Å². The van der Waals surface area contributed by atoms with Crippen molar-refractivity contribution in [2.75, 3.05) is 6.54 Å². The Morgan fingerprint density at radius 2 is 1.21 bits per heavy atom. The van der Waals surface area contributed by atoms with E-state index in [-0.39, 0.29) is 0 Å². The van der Waals surface area contributed by atoms with Gasteiger partial charge in [-0.25, -0.2) is 0 Å². The summed E-state index contributed by atoms with van der Waals surface area (Å²) < 4.78 is 16.2. The number of hydrogen-bond acceptors (Lipinski definition) is 3. The van der Waals surface area contributed by atoms with Gasteiger partial charge >= 0.3 is 0 Å². The fourth-order valence-corrected chi connectivity index (χ4v) is 8.74. The molecular formula is C48H32N2O2. The zero-order valence-corrected chi connectivity index (χ0v) is 28.2. The summed E-state index contributed by atoms with van der Waals surface area (Å²) in [5.41, 5.74) is 11.5. The number of nitrogens with zero attached hydrogens (tertiary/aromatic N) is 1. The number of nitrogens with one attached hydrogen (secondary N) is 1. The van der Waals surface area contributed by atoms with Crippen molar-refractivity contribution < 1.29 is 9.47 Å². The van der Waals surface area contributed by atoms with Crippen molar-refractivity contribution in [2.24, 2.45) is 0 Å². The summed E-state index contributed by atoms with van der Waals surface area (Å²) in [6.45, 7) is 0.794. The van der Waals surface area contributed by atoms with Crippen LogP contribution in [0, 0.1) is 0 Å². The van der Waals surface area contributed by atoms with Crippen LogP contribution in [0.3, 0.4) is 0 Å². The van der Waals surface area contributed by atoms with Crippen LogP contribution in [0.2, 0.25) is 0 Å². The van der Waals surface area contributed by atoms with E-state index in [0.29, 0.717) is 0 Å². The Labute approximate surface area is 301 Å². The minimum absolute atomic E-state index is 0.676. The van der Waals surface area contributed by atoms with Gasteiger partial charge in [0.25, 0.3) is 0 Å². The van der Waals surface area contributed by atoms with Crippen molar-refractivity contribution in [1.29, 1.82) is 0 Å². The van der Waals surface area contributed by atoms with Crippen LogP contribution < -0.4 is 14.8 Å². The first kappa shape index (κ1) is 29.0. The molecule has 0 unspecified atom stereocenters. The van der Waals surface area contributed by atoms with Crippen LogP contribution in [-0.2, 0) is 5.41 Å². The van der Waals surface area contributed by atoms with Crippen LogP contribution in [-0.4, -0.2) is 11.1 Å². The van der Waals surface area contributed by atoms with E-state index < -0.39 is 5.41 Å². The van der Waals surface area contributed by atoms with Gasteiger partial charge in [0.1, 0.15) is 23.0 Å². The lowest BCUT2D eigenvalue weighted by atomic mass is 9.62. The number of allylic oxidation sites excluding steroid dienone is 2. The average Bonchev–Trinajstić information content (AvgIpc) is 3.55. The molecule has 1 aromatic heterocycles. The molecule has 52 heavy (non-hydrogen) atoms. The Kier molecular flexibility index (Phi) is 6.20. The molecule has 1 N–H and O–H groups in total. The highest BCUT2D eigenvalue weighted by atomic mass is 16.5. The first-order valence-electron chi connectivity index (χ1n) is 17.8. The number of fused-ring (bicyclic) bond motifs is 11. The van der Waals surface area contributed by atoms with Crippen molar-refractivity contribution in [2.45, 2.75) is 5.41 Å². The van der Waals surface area contributed by atoms with Gasteiger partial charge in [-0.3, -0.25) is 0 Å². The summed E-state index contributed by atoms with van der Waals surface area (Å²) in [5.74, 6) is 3.40. The predicted molar refractivity (Wildman–Crippen MR) is 210 cm³/mol. The van der Waals surface area contributed by atoms with Gasteiger partial charge in [0.2, 0.25) is 0 Å². The molecule has 0 saturated carbocycles. The molecule has 7 aromatic carbocycles. The van der Waals surface area contributed by atoms with E-state index in [1.807, 2.05) is 0 Å². The summed E-state index contributed by atoms with van der Waals surface area (Å²) >= 11 is 0. The molecule has 4 heterocycles. The lowest BCUT2D eigenvalue weighted by molar-refractivity contribution is 0.400. The van der Waals surface area contributed by atoms with Gasteiger partial charge in [0.15, 0.2) is 0 Å². The first-order valence-corrected chi connectivity index (χ1v) is 17.8. The maximum Gasteiger partial charge on any atom is 0.140 e. The molecule has 8 aromatic rings. The molecule has 3 aliphatic heterocycles. The van der Waals surface area contributed by atoms with E-state index in [1.54, 1.807) is 0 Å². The standard InChI is InChI=1S/C48H32N2O2/c1-2-13-33(14-3-1)50-42-21-7-4-15-35(42)36-29-31(25-27-43(36)50)34-16-12-19-40-47(34)52-46-30-32(41-20-10-11-28-49-41)24-26-39(46)48(40)37-17-5-8-22-44(37)51-45-23-9-6-18-38(45)48/h1-27,29-30,49H,28H2. The third-order valence-electron chi connectivity index (χ3n) is 10.9. The molecule has 11 rings (SSSR count). The van der Waals surface area contributed by atoms with E-state index in [0.717, 1.165) is 79.9 Å². The zero-order chi connectivity index (χ0) is 34.2. The smallest absolute Gasteiger partial charge is 0.140 e. The molecule has 3 aliphatic rings. The Morgan fingerprint density at radius 3 is 2.02 bits per heavy atom. The molecular weight excluding hydrogens is 637 g/mol. The minimum Gasteiger partial charge on any atom is -0.457 e. The Balaban J connectivity index is 1.20. The lowest BCUT2D eigenvalue weighted by Crippen LogP contribution is -2.37. The van der Waals surface area contributed by atoms with Crippen molar-refractivity contribution in [1.82, 2.24) is 9.88 Å². The highest BCUT2D eigenvalue weighted by Crippen LogP contribution is 2.62. The van der Waals surface area contributed by atoms with Crippen molar-refractivity contribution >= 4 is 27.5 Å². The topological polar surface area (TPSA) is 35.4 Å². The summed E-state index contributed by atoms with van der Waals surface area (Å²) in [7, 11) is 0. The Bertz CT molecular complexity index is 2760. The van der Waals surface area contributed by atoms with Crippen molar-refractivity contribution in [3.05, 3.63) is 204 Å². The lowest BCUT2D eigenvalue weighted by Gasteiger charge is -2.45. The number of para-hydroxylation sites is 5. The minimum atomic E-state index is -0.676. The fourth-order valence-electron chi connectivity index (χ4n) is 8.74. The van der Waals surface area contributed by atoms with Crippen molar-refractivity contribution in [3.63, 3.8) is 0 Å². The average molecular weight is 669 g/mol. The number of rotatable bonds is 3. The van der Waals surface area contributed by atoms with E-state index in [9.17, 15) is 0 Å². The maximum atomic E-state index is 7.21. The monoisotopic (exact) mass is 668 g/mol.